The lowest BCUT2D eigenvalue weighted by Crippen LogP contribution is -2.34. The third-order valence-electron chi connectivity index (χ3n) is 3.66. The molecule has 1 aromatic carbocycles. The molecule has 0 aliphatic heterocycles. The van der Waals surface area contributed by atoms with E-state index in [1.807, 2.05) is 43.8 Å². The van der Waals surface area contributed by atoms with Gasteiger partial charge in [0.05, 0.1) is 12.5 Å². The topological polar surface area (TPSA) is 49.3 Å². The van der Waals surface area contributed by atoms with Crippen LogP contribution in [0.3, 0.4) is 0 Å². The van der Waals surface area contributed by atoms with Gasteiger partial charge in [-0.3, -0.25) is 4.79 Å². The SMILES string of the molecule is CC(C)C(O)CC(=O)NCC1(Sc2ccccc2)CC1. The van der Waals surface area contributed by atoms with Crippen molar-refractivity contribution in [1.29, 1.82) is 0 Å². The number of hydrogen-bond donors (Lipinski definition) is 2. The lowest BCUT2D eigenvalue weighted by Gasteiger charge is -2.18. The first-order valence-corrected chi connectivity index (χ1v) is 8.01. The number of thioether (sulfide) groups is 1. The molecule has 1 saturated carbocycles. The van der Waals surface area contributed by atoms with E-state index in [0.717, 1.165) is 12.8 Å². The lowest BCUT2D eigenvalue weighted by molar-refractivity contribution is -0.123. The van der Waals surface area contributed by atoms with Crippen molar-refractivity contribution in [2.75, 3.05) is 6.54 Å². The predicted molar refractivity (Wildman–Crippen MR) is 82.7 cm³/mol. The molecule has 1 fully saturated rings. The van der Waals surface area contributed by atoms with Gasteiger partial charge in [-0.2, -0.15) is 0 Å². The molecule has 0 saturated heterocycles. The van der Waals surface area contributed by atoms with Gasteiger partial charge in [0.15, 0.2) is 0 Å². The van der Waals surface area contributed by atoms with Gasteiger partial charge >= 0.3 is 0 Å². The van der Waals surface area contributed by atoms with Gasteiger partial charge in [0.25, 0.3) is 0 Å². The number of benzene rings is 1. The van der Waals surface area contributed by atoms with Crippen LogP contribution in [0.15, 0.2) is 35.2 Å². The number of aliphatic hydroxyl groups is 1. The van der Waals surface area contributed by atoms with Gasteiger partial charge in [-0.25, -0.2) is 0 Å². The number of nitrogens with one attached hydrogen (secondary N) is 1. The largest absolute Gasteiger partial charge is 0.392 e. The van der Waals surface area contributed by atoms with Crippen molar-refractivity contribution in [1.82, 2.24) is 5.32 Å². The normalized spacial score (nSPS) is 17.8. The zero-order valence-electron chi connectivity index (χ0n) is 12.1. The second kappa shape index (κ2) is 6.64. The monoisotopic (exact) mass is 293 g/mol. The summed E-state index contributed by atoms with van der Waals surface area (Å²) in [5.74, 6) is 0.0699. The van der Waals surface area contributed by atoms with Crippen LogP contribution in [-0.2, 0) is 4.79 Å². The Bertz CT molecular complexity index is 443. The Morgan fingerprint density at radius 2 is 2.00 bits per heavy atom. The van der Waals surface area contributed by atoms with E-state index >= 15 is 0 Å². The summed E-state index contributed by atoms with van der Waals surface area (Å²) in [5, 5.41) is 12.7. The van der Waals surface area contributed by atoms with E-state index in [2.05, 4.69) is 17.4 Å². The first-order chi connectivity index (χ1) is 9.51. The molecule has 110 valence electrons. The zero-order valence-corrected chi connectivity index (χ0v) is 13.0. The highest BCUT2D eigenvalue weighted by molar-refractivity contribution is 8.01. The van der Waals surface area contributed by atoms with E-state index in [1.165, 1.54) is 4.90 Å². The minimum atomic E-state index is -0.549. The fourth-order valence-corrected chi connectivity index (χ4v) is 3.19. The Kier molecular flexibility index (Phi) is 5.11. The van der Waals surface area contributed by atoms with Gasteiger partial charge in [0.1, 0.15) is 0 Å². The van der Waals surface area contributed by atoms with E-state index in [4.69, 9.17) is 0 Å². The highest BCUT2D eigenvalue weighted by Crippen LogP contribution is 2.51. The Morgan fingerprint density at radius 3 is 2.55 bits per heavy atom. The molecule has 0 heterocycles. The molecule has 0 spiro atoms. The van der Waals surface area contributed by atoms with Gasteiger partial charge < -0.3 is 10.4 Å². The Hall–Kier alpha value is -1.00. The molecule has 2 rings (SSSR count). The van der Waals surface area contributed by atoms with Crippen LogP contribution < -0.4 is 5.32 Å². The highest BCUT2D eigenvalue weighted by Gasteiger charge is 2.43. The molecule has 1 atom stereocenters. The van der Waals surface area contributed by atoms with Gasteiger partial charge in [-0.15, -0.1) is 11.8 Å². The molecular formula is C16H23NO2S. The molecule has 0 radical (unpaired) electrons. The minimum absolute atomic E-state index is 0.0499. The lowest BCUT2D eigenvalue weighted by atomic mass is 10.0. The highest BCUT2D eigenvalue weighted by atomic mass is 32.2. The molecule has 0 bridgehead atoms. The van der Waals surface area contributed by atoms with Crippen molar-refractivity contribution < 1.29 is 9.90 Å². The summed E-state index contributed by atoms with van der Waals surface area (Å²) in [4.78, 5) is 13.1. The van der Waals surface area contributed by atoms with Crippen molar-refractivity contribution in [2.24, 2.45) is 5.92 Å². The molecular weight excluding hydrogens is 270 g/mol. The molecule has 1 aliphatic rings. The summed E-state index contributed by atoms with van der Waals surface area (Å²) in [7, 11) is 0. The number of carbonyl (C=O) groups excluding carboxylic acids is 1. The summed E-state index contributed by atoms with van der Waals surface area (Å²) in [6, 6.07) is 10.3. The van der Waals surface area contributed by atoms with Crippen LogP contribution in [-0.4, -0.2) is 28.4 Å². The Balaban J connectivity index is 1.77. The molecule has 1 unspecified atom stereocenters. The fourth-order valence-electron chi connectivity index (χ4n) is 1.95. The van der Waals surface area contributed by atoms with E-state index in [0.29, 0.717) is 6.54 Å². The third-order valence-corrected chi connectivity index (χ3v) is 5.15. The maximum Gasteiger partial charge on any atom is 0.222 e. The Morgan fingerprint density at radius 1 is 1.35 bits per heavy atom. The standard InChI is InChI=1S/C16H23NO2S/c1-12(2)14(18)10-15(19)17-11-16(8-9-16)20-13-6-4-3-5-7-13/h3-7,12,14,18H,8-11H2,1-2H3,(H,17,19). The zero-order chi connectivity index (χ0) is 14.6. The van der Waals surface area contributed by atoms with Crippen molar-refractivity contribution in [3.63, 3.8) is 0 Å². The molecule has 1 aromatic rings. The summed E-state index contributed by atoms with van der Waals surface area (Å²) in [6.07, 6.45) is 1.93. The number of aliphatic hydroxyl groups excluding tert-OH is 1. The molecule has 3 nitrogen and oxygen atoms in total. The summed E-state index contributed by atoms with van der Waals surface area (Å²) >= 11 is 1.85. The number of amides is 1. The first-order valence-electron chi connectivity index (χ1n) is 7.20. The molecule has 2 N–H and O–H groups in total. The van der Waals surface area contributed by atoms with E-state index < -0.39 is 6.10 Å². The van der Waals surface area contributed by atoms with E-state index in [1.54, 1.807) is 0 Å². The van der Waals surface area contributed by atoms with Crippen LogP contribution in [0.2, 0.25) is 0 Å². The molecule has 4 heteroatoms. The number of hydrogen-bond acceptors (Lipinski definition) is 3. The first kappa shape index (κ1) is 15.4. The van der Waals surface area contributed by atoms with Gasteiger partial charge in [0.2, 0.25) is 5.91 Å². The van der Waals surface area contributed by atoms with Gasteiger partial charge in [0, 0.05) is 16.2 Å². The van der Waals surface area contributed by atoms with E-state index in [-0.39, 0.29) is 23.0 Å². The smallest absolute Gasteiger partial charge is 0.222 e. The van der Waals surface area contributed by atoms with Gasteiger partial charge in [-0.1, -0.05) is 32.0 Å². The second-order valence-electron chi connectivity index (χ2n) is 5.89. The minimum Gasteiger partial charge on any atom is -0.392 e. The van der Waals surface area contributed by atoms with Crippen molar-refractivity contribution in [2.45, 2.75) is 48.9 Å². The quantitative estimate of drug-likeness (QED) is 0.813. The van der Waals surface area contributed by atoms with Crippen LogP contribution in [0, 0.1) is 5.92 Å². The maximum absolute atomic E-state index is 11.8. The Labute approximate surface area is 125 Å². The fraction of sp³-hybridized carbons (Fsp3) is 0.562. The summed E-state index contributed by atoms with van der Waals surface area (Å²) < 4.78 is 0.166. The van der Waals surface area contributed by atoms with Crippen LogP contribution in [0.4, 0.5) is 0 Å². The molecule has 0 aromatic heterocycles. The van der Waals surface area contributed by atoms with E-state index in [9.17, 15) is 9.90 Å². The maximum atomic E-state index is 11.8. The van der Waals surface area contributed by atoms with Crippen LogP contribution >= 0.6 is 11.8 Å². The predicted octanol–water partition coefficient (Wildman–Crippen LogP) is 2.83. The van der Waals surface area contributed by atoms with Crippen LogP contribution in [0.25, 0.3) is 0 Å². The second-order valence-corrected chi connectivity index (χ2v) is 7.43. The van der Waals surface area contributed by atoms with Crippen molar-refractivity contribution in [3.05, 3.63) is 30.3 Å². The van der Waals surface area contributed by atoms with Crippen LogP contribution in [0.5, 0.6) is 0 Å². The average molecular weight is 293 g/mol. The molecule has 1 aliphatic carbocycles. The van der Waals surface area contributed by atoms with Crippen LogP contribution in [0.1, 0.15) is 33.1 Å². The molecule has 1 amide bonds. The van der Waals surface area contributed by atoms with Crippen molar-refractivity contribution >= 4 is 17.7 Å². The third kappa shape index (κ3) is 4.53. The summed E-state index contributed by atoms with van der Waals surface area (Å²) in [5.41, 5.74) is 0. The van der Waals surface area contributed by atoms with Gasteiger partial charge in [-0.05, 0) is 30.9 Å². The summed E-state index contributed by atoms with van der Waals surface area (Å²) in [6.45, 7) is 4.54. The number of carbonyl (C=O) groups is 1. The van der Waals surface area contributed by atoms with Crippen molar-refractivity contribution in [3.8, 4) is 0 Å². The number of rotatable bonds is 7. The average Bonchev–Trinajstić information content (AvgIpc) is 3.18. The molecule has 20 heavy (non-hydrogen) atoms.